The van der Waals surface area contributed by atoms with Gasteiger partial charge in [-0.25, -0.2) is 9.97 Å². The van der Waals surface area contributed by atoms with Crippen LogP contribution in [-0.2, 0) is 6.18 Å². The van der Waals surface area contributed by atoms with Crippen molar-refractivity contribution < 1.29 is 13.2 Å². The van der Waals surface area contributed by atoms with Gasteiger partial charge in [-0.05, 0) is 12.1 Å². The molecule has 0 aromatic carbocycles. The maximum absolute atomic E-state index is 12.4. The molecule has 0 saturated carbocycles. The third-order valence-electron chi connectivity index (χ3n) is 1.82. The molecule has 0 atom stereocenters. The van der Waals surface area contributed by atoms with Crippen molar-refractivity contribution in [2.45, 2.75) is 6.18 Å². The fraction of sp³-hybridized carbons (Fsp3) is 0.111. The van der Waals surface area contributed by atoms with E-state index >= 15 is 0 Å². The summed E-state index contributed by atoms with van der Waals surface area (Å²) in [6.07, 6.45) is -1.07. The van der Waals surface area contributed by atoms with Crippen LogP contribution in [0.25, 0.3) is 0 Å². The Hall–Kier alpha value is -2.25. The van der Waals surface area contributed by atoms with Gasteiger partial charge >= 0.3 is 6.18 Å². The van der Waals surface area contributed by atoms with Crippen molar-refractivity contribution in [2.24, 2.45) is 0 Å². The van der Waals surface area contributed by atoms with Crippen LogP contribution in [-0.4, -0.2) is 20.2 Å². The predicted octanol–water partition coefficient (Wildman–Crippen LogP) is 2.03. The van der Waals surface area contributed by atoms with Crippen LogP contribution in [0, 0.1) is 0 Å². The molecule has 1 N–H and O–H groups in total. The van der Waals surface area contributed by atoms with Crippen LogP contribution in [0.5, 0.6) is 0 Å². The number of alkyl halides is 3. The molecule has 2 aromatic rings. The molecule has 2 aromatic heterocycles. The number of nitrogens with one attached hydrogen (secondary N) is 1. The molecule has 88 valence electrons. The zero-order chi connectivity index (χ0) is 12.3. The van der Waals surface area contributed by atoms with Crippen LogP contribution in [0.4, 0.5) is 24.8 Å². The Balaban J connectivity index is 2.23. The minimum Gasteiger partial charge on any atom is -0.323 e. The van der Waals surface area contributed by atoms with E-state index in [2.05, 4.69) is 25.5 Å². The maximum atomic E-state index is 12.4. The van der Waals surface area contributed by atoms with Crippen molar-refractivity contribution in [2.75, 3.05) is 5.32 Å². The van der Waals surface area contributed by atoms with E-state index in [-0.39, 0.29) is 5.82 Å². The Kier molecular flexibility index (Phi) is 2.86. The molecule has 0 unspecified atom stereocenters. The van der Waals surface area contributed by atoms with Crippen molar-refractivity contribution in [1.29, 1.82) is 0 Å². The second kappa shape index (κ2) is 4.32. The van der Waals surface area contributed by atoms with E-state index in [0.717, 1.165) is 6.07 Å². The number of aromatic nitrogens is 4. The lowest BCUT2D eigenvalue weighted by Gasteiger charge is -2.07. The minimum absolute atomic E-state index is 0.0291. The first kappa shape index (κ1) is 11.2. The van der Waals surface area contributed by atoms with Gasteiger partial charge in [0, 0.05) is 6.20 Å². The highest BCUT2D eigenvalue weighted by atomic mass is 19.4. The Morgan fingerprint density at radius 1 is 1.18 bits per heavy atom. The number of hydrogen-bond donors (Lipinski definition) is 1. The Labute approximate surface area is 93.7 Å². The molecule has 17 heavy (non-hydrogen) atoms. The average molecular weight is 241 g/mol. The monoisotopic (exact) mass is 241 g/mol. The first-order valence-electron chi connectivity index (χ1n) is 4.48. The summed E-state index contributed by atoms with van der Waals surface area (Å²) in [5.41, 5.74) is -0.871. The summed E-state index contributed by atoms with van der Waals surface area (Å²) < 4.78 is 37.2. The van der Waals surface area contributed by atoms with Crippen molar-refractivity contribution in [1.82, 2.24) is 20.2 Å². The van der Waals surface area contributed by atoms with Crippen LogP contribution in [0.15, 0.2) is 30.9 Å². The lowest BCUT2D eigenvalue weighted by molar-refractivity contribution is -0.137. The second-order valence-corrected chi connectivity index (χ2v) is 3.05. The third kappa shape index (κ3) is 2.86. The lowest BCUT2D eigenvalue weighted by Crippen LogP contribution is -2.07. The largest absolute Gasteiger partial charge is 0.418 e. The van der Waals surface area contributed by atoms with Crippen molar-refractivity contribution in [3.8, 4) is 0 Å². The average Bonchev–Trinajstić information content (AvgIpc) is 2.29. The van der Waals surface area contributed by atoms with E-state index in [4.69, 9.17) is 0 Å². The second-order valence-electron chi connectivity index (χ2n) is 3.05. The molecule has 0 aliphatic rings. The molecule has 0 saturated heterocycles. The van der Waals surface area contributed by atoms with Crippen molar-refractivity contribution in [3.63, 3.8) is 0 Å². The number of anilines is 2. The summed E-state index contributed by atoms with van der Waals surface area (Å²) in [7, 11) is 0. The molecule has 5 nitrogen and oxygen atoms in total. The summed E-state index contributed by atoms with van der Waals surface area (Å²) in [5, 5.41) is 9.39. The fourth-order valence-electron chi connectivity index (χ4n) is 1.08. The Morgan fingerprint density at radius 3 is 2.65 bits per heavy atom. The quantitative estimate of drug-likeness (QED) is 0.871. The summed E-state index contributed by atoms with van der Waals surface area (Å²) >= 11 is 0. The first-order valence-corrected chi connectivity index (χ1v) is 4.48. The molecule has 0 amide bonds. The standard InChI is InChI=1S/C9H6F3N5/c10-9(11,12)6-3-8(17-15-4-6)16-7-1-2-13-5-14-7/h1-5H,(H,13,14,16,17). The maximum Gasteiger partial charge on any atom is 0.418 e. The van der Waals surface area contributed by atoms with Gasteiger partial charge in [-0.3, -0.25) is 0 Å². The molecule has 8 heteroatoms. The first-order chi connectivity index (χ1) is 8.05. The summed E-state index contributed by atoms with van der Waals surface area (Å²) in [6, 6.07) is 2.36. The molecule has 2 rings (SSSR count). The van der Waals surface area contributed by atoms with Crippen LogP contribution < -0.4 is 5.32 Å². The van der Waals surface area contributed by atoms with Gasteiger partial charge in [-0.1, -0.05) is 0 Å². The van der Waals surface area contributed by atoms with E-state index in [9.17, 15) is 13.2 Å². The zero-order valence-electron chi connectivity index (χ0n) is 8.31. The number of hydrogen-bond acceptors (Lipinski definition) is 5. The van der Waals surface area contributed by atoms with Crippen LogP contribution in [0.2, 0.25) is 0 Å². The van der Waals surface area contributed by atoms with Gasteiger partial charge < -0.3 is 5.32 Å². The third-order valence-corrected chi connectivity index (χ3v) is 1.82. The smallest absolute Gasteiger partial charge is 0.323 e. The van der Waals surface area contributed by atoms with Gasteiger partial charge in [0.15, 0.2) is 5.82 Å². The van der Waals surface area contributed by atoms with Crippen molar-refractivity contribution in [3.05, 3.63) is 36.4 Å². The Morgan fingerprint density at radius 2 is 2.00 bits per heavy atom. The normalized spacial score (nSPS) is 11.2. The molecule has 2 heterocycles. The van der Waals surface area contributed by atoms with Gasteiger partial charge in [-0.15, -0.1) is 5.10 Å². The highest BCUT2D eigenvalue weighted by Crippen LogP contribution is 2.29. The minimum atomic E-state index is -4.45. The number of nitrogens with zero attached hydrogens (tertiary/aromatic N) is 4. The predicted molar refractivity (Wildman–Crippen MR) is 52.3 cm³/mol. The highest BCUT2D eigenvalue weighted by molar-refractivity contribution is 5.50. The SMILES string of the molecule is FC(F)(F)c1cnnc(Nc2ccncn2)c1. The topological polar surface area (TPSA) is 63.6 Å². The van der Waals surface area contributed by atoms with Crippen LogP contribution >= 0.6 is 0 Å². The molecule has 0 spiro atoms. The zero-order valence-corrected chi connectivity index (χ0v) is 8.31. The van der Waals surface area contributed by atoms with Crippen molar-refractivity contribution >= 4 is 11.6 Å². The molecule has 0 fully saturated rings. The fourth-order valence-corrected chi connectivity index (χ4v) is 1.08. The Bertz CT molecular complexity index is 499. The molecule has 0 bridgehead atoms. The summed E-state index contributed by atoms with van der Waals surface area (Å²) in [5.74, 6) is 0.312. The van der Waals surface area contributed by atoms with Gasteiger partial charge in [0.2, 0.25) is 0 Å². The van der Waals surface area contributed by atoms with Gasteiger partial charge in [0.1, 0.15) is 12.1 Å². The number of rotatable bonds is 2. The van der Waals surface area contributed by atoms with E-state index in [1.54, 1.807) is 0 Å². The van der Waals surface area contributed by atoms with E-state index in [0.29, 0.717) is 12.0 Å². The molecule has 0 radical (unpaired) electrons. The molecule has 0 aliphatic carbocycles. The van der Waals surface area contributed by atoms with E-state index in [1.165, 1.54) is 18.6 Å². The summed E-state index contributed by atoms with van der Waals surface area (Å²) in [4.78, 5) is 7.47. The van der Waals surface area contributed by atoms with E-state index < -0.39 is 11.7 Å². The van der Waals surface area contributed by atoms with Crippen LogP contribution in [0.3, 0.4) is 0 Å². The van der Waals surface area contributed by atoms with Gasteiger partial charge in [0.25, 0.3) is 0 Å². The number of halogens is 3. The van der Waals surface area contributed by atoms with E-state index in [1.807, 2.05) is 0 Å². The molecular weight excluding hydrogens is 235 g/mol. The van der Waals surface area contributed by atoms with Gasteiger partial charge in [-0.2, -0.15) is 18.3 Å². The lowest BCUT2D eigenvalue weighted by atomic mass is 10.3. The van der Waals surface area contributed by atoms with Crippen LogP contribution in [0.1, 0.15) is 5.56 Å². The molecule has 0 aliphatic heterocycles. The van der Waals surface area contributed by atoms with Gasteiger partial charge in [0.05, 0.1) is 11.8 Å². The molecular formula is C9H6F3N5. The summed E-state index contributed by atoms with van der Waals surface area (Å²) in [6.45, 7) is 0. The highest BCUT2D eigenvalue weighted by Gasteiger charge is 2.31.